The highest BCUT2D eigenvalue weighted by atomic mass is 16.4. The van der Waals surface area contributed by atoms with E-state index in [-0.39, 0.29) is 29.6 Å². The molecule has 130 valence electrons. The zero-order valence-electron chi connectivity index (χ0n) is 14.2. The summed E-state index contributed by atoms with van der Waals surface area (Å²) in [5, 5.41) is 18.2. The summed E-state index contributed by atoms with van der Waals surface area (Å²) >= 11 is 0. The normalized spacial score (nSPS) is 24.2. The summed E-state index contributed by atoms with van der Waals surface area (Å²) in [6.07, 6.45) is 6.07. The third-order valence-corrected chi connectivity index (χ3v) is 5.33. The van der Waals surface area contributed by atoms with Crippen molar-refractivity contribution in [3.63, 3.8) is 0 Å². The number of amides is 1. The van der Waals surface area contributed by atoms with E-state index in [9.17, 15) is 10.1 Å². The summed E-state index contributed by atoms with van der Waals surface area (Å²) in [6, 6.07) is 5.41. The molecular formula is C18H16N6O2. The van der Waals surface area contributed by atoms with E-state index in [1.54, 1.807) is 21.9 Å². The first-order valence-electron chi connectivity index (χ1n) is 8.42. The van der Waals surface area contributed by atoms with Gasteiger partial charge in [0.1, 0.15) is 11.8 Å². The molecule has 4 heterocycles. The van der Waals surface area contributed by atoms with Gasteiger partial charge >= 0.3 is 5.91 Å². The Bertz CT molecular complexity index is 940. The average molecular weight is 348 g/mol. The van der Waals surface area contributed by atoms with Crippen LogP contribution in [0.1, 0.15) is 29.7 Å². The van der Waals surface area contributed by atoms with Crippen molar-refractivity contribution in [1.29, 1.82) is 10.5 Å². The van der Waals surface area contributed by atoms with Crippen molar-refractivity contribution in [2.45, 2.75) is 25.4 Å². The summed E-state index contributed by atoms with van der Waals surface area (Å²) < 4.78 is 5.65. The fourth-order valence-electron chi connectivity index (χ4n) is 3.93. The lowest BCUT2D eigenvalue weighted by molar-refractivity contribution is 0.0692. The number of hydrogen-bond acceptors (Lipinski definition) is 7. The molecule has 0 aliphatic carbocycles. The fourth-order valence-corrected chi connectivity index (χ4v) is 3.93. The van der Waals surface area contributed by atoms with Crippen molar-refractivity contribution in [2.75, 3.05) is 13.1 Å². The van der Waals surface area contributed by atoms with E-state index in [0.717, 1.165) is 6.42 Å². The molecule has 0 saturated carbocycles. The lowest BCUT2D eigenvalue weighted by Crippen LogP contribution is -2.39. The third-order valence-electron chi connectivity index (χ3n) is 5.33. The van der Waals surface area contributed by atoms with Gasteiger partial charge in [-0.25, -0.2) is 9.97 Å². The van der Waals surface area contributed by atoms with Gasteiger partial charge in [-0.05, 0) is 25.5 Å². The summed E-state index contributed by atoms with van der Waals surface area (Å²) in [4.78, 5) is 24.4. The number of fused-ring (bicyclic) bond motifs is 1. The van der Waals surface area contributed by atoms with Gasteiger partial charge < -0.3 is 14.2 Å². The Kier molecular flexibility index (Phi) is 3.81. The van der Waals surface area contributed by atoms with Crippen molar-refractivity contribution in [1.82, 2.24) is 19.8 Å². The molecule has 26 heavy (non-hydrogen) atoms. The molecule has 4 rings (SSSR count). The van der Waals surface area contributed by atoms with Crippen LogP contribution in [-0.2, 0) is 0 Å². The van der Waals surface area contributed by atoms with Crippen LogP contribution in [0.2, 0.25) is 0 Å². The number of aromatic nitrogens is 2. The monoisotopic (exact) mass is 348 g/mol. The maximum atomic E-state index is 12.9. The van der Waals surface area contributed by atoms with Crippen molar-refractivity contribution in [3.05, 3.63) is 36.1 Å². The summed E-state index contributed by atoms with van der Waals surface area (Å²) in [5.74, 6) is 0.484. The number of carbonyl (C=O) groups is 1. The Hall–Kier alpha value is -3.39. The largest absolute Gasteiger partial charge is 0.432 e. The van der Waals surface area contributed by atoms with E-state index >= 15 is 0 Å². The van der Waals surface area contributed by atoms with E-state index in [0.29, 0.717) is 30.3 Å². The standard InChI is InChI=1S/C18H16N6O2/c1-11-14-3-5-24(15(14)9-23(11)10-20)18(25)17-22-8-16(26-17)12-2-4-21-13(6-12)7-19/h2,4,6,8,11,14-15H,3,5,9H2,1H3/t11-,14-,15+/m1/s1. The number of carbonyl (C=O) groups excluding carboxylic acids is 1. The number of oxazole rings is 1. The predicted molar refractivity (Wildman–Crippen MR) is 89.2 cm³/mol. The Morgan fingerprint density at radius 2 is 2.23 bits per heavy atom. The first-order valence-corrected chi connectivity index (χ1v) is 8.42. The van der Waals surface area contributed by atoms with E-state index < -0.39 is 0 Å². The van der Waals surface area contributed by atoms with E-state index in [1.165, 1.54) is 12.4 Å². The van der Waals surface area contributed by atoms with Gasteiger partial charge in [0.15, 0.2) is 12.0 Å². The summed E-state index contributed by atoms with van der Waals surface area (Å²) in [6.45, 7) is 3.22. The van der Waals surface area contributed by atoms with Crippen molar-refractivity contribution in [3.8, 4) is 23.6 Å². The Labute approximate surface area is 150 Å². The molecule has 2 saturated heterocycles. The number of nitrogens with zero attached hydrogens (tertiary/aromatic N) is 6. The minimum absolute atomic E-state index is 0.0126. The molecule has 8 nitrogen and oxygen atoms in total. The highest BCUT2D eigenvalue weighted by molar-refractivity contribution is 5.90. The second-order valence-corrected chi connectivity index (χ2v) is 6.58. The van der Waals surface area contributed by atoms with Gasteiger partial charge in [-0.15, -0.1) is 0 Å². The third kappa shape index (κ3) is 2.47. The van der Waals surface area contributed by atoms with Gasteiger partial charge in [-0.2, -0.15) is 10.5 Å². The maximum absolute atomic E-state index is 12.9. The molecule has 3 atom stereocenters. The fraction of sp³-hybridized carbons (Fsp3) is 0.389. The van der Waals surface area contributed by atoms with Crippen molar-refractivity contribution < 1.29 is 9.21 Å². The lowest BCUT2D eigenvalue weighted by Gasteiger charge is -2.22. The minimum atomic E-state index is -0.259. The minimum Gasteiger partial charge on any atom is -0.432 e. The summed E-state index contributed by atoms with van der Waals surface area (Å²) in [5.41, 5.74) is 0.915. The van der Waals surface area contributed by atoms with Crippen LogP contribution in [0.5, 0.6) is 0 Å². The van der Waals surface area contributed by atoms with Crippen molar-refractivity contribution >= 4 is 5.91 Å². The predicted octanol–water partition coefficient (Wildman–Crippen LogP) is 1.62. The Morgan fingerprint density at radius 1 is 1.38 bits per heavy atom. The molecule has 1 amide bonds. The van der Waals surface area contributed by atoms with Crippen LogP contribution < -0.4 is 0 Å². The SMILES string of the molecule is C[C@@H]1[C@H]2CCN(C(=O)c3ncc(-c4ccnc(C#N)c4)o3)[C@H]2CN1C#N. The second-order valence-electron chi connectivity index (χ2n) is 6.58. The van der Waals surface area contributed by atoms with Crippen LogP contribution in [0.15, 0.2) is 28.9 Å². The second kappa shape index (κ2) is 6.16. The van der Waals surface area contributed by atoms with E-state index in [4.69, 9.17) is 9.68 Å². The average Bonchev–Trinajstić information content (AvgIpc) is 3.38. The summed E-state index contributed by atoms with van der Waals surface area (Å²) in [7, 11) is 0. The molecule has 0 aromatic carbocycles. The molecule has 2 aromatic rings. The number of likely N-dealkylation sites (tertiary alicyclic amines) is 2. The van der Waals surface area contributed by atoms with Gasteiger partial charge in [0, 0.05) is 36.8 Å². The molecule has 0 N–H and O–H groups in total. The van der Waals surface area contributed by atoms with Gasteiger partial charge in [0.25, 0.3) is 5.89 Å². The highest BCUT2D eigenvalue weighted by Gasteiger charge is 2.48. The number of pyridine rings is 1. The molecule has 0 unspecified atom stereocenters. The molecule has 2 aliphatic rings. The quantitative estimate of drug-likeness (QED) is 0.758. The smallest absolute Gasteiger partial charge is 0.310 e. The van der Waals surface area contributed by atoms with Crippen LogP contribution in [0.3, 0.4) is 0 Å². The van der Waals surface area contributed by atoms with Crippen LogP contribution in [-0.4, -0.2) is 50.8 Å². The first kappa shape index (κ1) is 16.1. The number of hydrogen-bond donors (Lipinski definition) is 0. The Morgan fingerprint density at radius 3 is 3.00 bits per heavy atom. The van der Waals surface area contributed by atoms with Crippen molar-refractivity contribution in [2.24, 2.45) is 5.92 Å². The van der Waals surface area contributed by atoms with Gasteiger partial charge in [0.2, 0.25) is 0 Å². The molecule has 8 heteroatoms. The molecule has 2 aromatic heterocycles. The molecule has 0 bridgehead atoms. The first-order chi connectivity index (χ1) is 12.6. The molecule has 2 fully saturated rings. The number of nitriles is 2. The van der Waals surface area contributed by atoms with Crippen LogP contribution >= 0.6 is 0 Å². The molecule has 2 aliphatic heterocycles. The van der Waals surface area contributed by atoms with Crippen LogP contribution in [0.4, 0.5) is 0 Å². The molecular weight excluding hydrogens is 332 g/mol. The lowest BCUT2D eigenvalue weighted by atomic mass is 9.98. The van der Waals surface area contributed by atoms with E-state index in [1.807, 2.05) is 13.0 Å². The maximum Gasteiger partial charge on any atom is 0.310 e. The van der Waals surface area contributed by atoms with Crippen LogP contribution in [0.25, 0.3) is 11.3 Å². The molecule has 0 radical (unpaired) electrons. The highest BCUT2D eigenvalue weighted by Crippen LogP contribution is 2.36. The molecule has 0 spiro atoms. The zero-order valence-corrected chi connectivity index (χ0v) is 14.2. The van der Waals surface area contributed by atoms with Gasteiger partial charge in [-0.1, -0.05) is 0 Å². The topological polar surface area (TPSA) is 110 Å². The van der Waals surface area contributed by atoms with Crippen LogP contribution in [0, 0.1) is 28.7 Å². The van der Waals surface area contributed by atoms with Gasteiger partial charge in [-0.3, -0.25) is 4.79 Å². The van der Waals surface area contributed by atoms with Gasteiger partial charge in [0.05, 0.1) is 12.2 Å². The zero-order chi connectivity index (χ0) is 18.3. The number of rotatable bonds is 2. The van der Waals surface area contributed by atoms with E-state index in [2.05, 4.69) is 16.2 Å². The Balaban J connectivity index is 1.56.